The molecule has 0 bridgehead atoms. The van der Waals surface area contributed by atoms with E-state index in [1.54, 1.807) is 29.1 Å². The van der Waals surface area contributed by atoms with E-state index in [4.69, 9.17) is 0 Å². The van der Waals surface area contributed by atoms with Crippen molar-refractivity contribution in [3.8, 4) is 5.69 Å². The molecule has 0 aliphatic rings. The summed E-state index contributed by atoms with van der Waals surface area (Å²) < 4.78 is 14.5. The van der Waals surface area contributed by atoms with Gasteiger partial charge in [-0.2, -0.15) is 0 Å². The largest absolute Gasteiger partial charge is 0.361 e. The summed E-state index contributed by atoms with van der Waals surface area (Å²) in [4.78, 5) is 16.8. The van der Waals surface area contributed by atoms with E-state index in [9.17, 15) is 9.18 Å². The van der Waals surface area contributed by atoms with Crippen molar-refractivity contribution in [2.45, 2.75) is 20.4 Å². The Morgan fingerprint density at radius 3 is 2.58 bits per heavy atom. The Labute approximate surface area is 139 Å². The number of aromatic nitrogens is 2. The van der Waals surface area contributed by atoms with Gasteiger partial charge in [0.1, 0.15) is 5.82 Å². The van der Waals surface area contributed by atoms with E-state index in [0.29, 0.717) is 6.54 Å². The molecule has 0 radical (unpaired) electrons. The summed E-state index contributed by atoms with van der Waals surface area (Å²) in [7, 11) is 0. The van der Waals surface area contributed by atoms with E-state index in [2.05, 4.69) is 10.3 Å². The van der Waals surface area contributed by atoms with Gasteiger partial charge in [0, 0.05) is 18.9 Å². The molecule has 2 aromatic carbocycles. The maximum atomic E-state index is 12.9. The van der Waals surface area contributed by atoms with E-state index in [1.807, 2.05) is 32.0 Å². The molecular weight excluding hydrogens is 305 g/mol. The van der Waals surface area contributed by atoms with E-state index in [0.717, 1.165) is 22.4 Å². The fourth-order valence-electron chi connectivity index (χ4n) is 2.59. The number of rotatable bonds is 4. The Hall–Kier alpha value is -2.95. The van der Waals surface area contributed by atoms with Crippen molar-refractivity contribution in [1.82, 2.24) is 9.55 Å². The van der Waals surface area contributed by atoms with Crippen molar-refractivity contribution >= 4 is 5.82 Å². The van der Waals surface area contributed by atoms with Crippen molar-refractivity contribution in [3.05, 3.63) is 87.7 Å². The first-order valence-corrected chi connectivity index (χ1v) is 7.68. The molecule has 4 nitrogen and oxygen atoms in total. The minimum Gasteiger partial charge on any atom is -0.361 e. The molecule has 0 amide bonds. The number of hydrogen-bond donors (Lipinski definition) is 1. The molecule has 0 unspecified atom stereocenters. The number of aryl methyl sites for hydroxylation is 2. The zero-order chi connectivity index (χ0) is 17.1. The van der Waals surface area contributed by atoms with E-state index >= 15 is 0 Å². The highest BCUT2D eigenvalue weighted by molar-refractivity contribution is 5.45. The number of halogens is 1. The predicted molar refractivity (Wildman–Crippen MR) is 93.0 cm³/mol. The summed E-state index contributed by atoms with van der Waals surface area (Å²) >= 11 is 0. The van der Waals surface area contributed by atoms with Crippen LogP contribution in [0.3, 0.4) is 0 Å². The highest BCUT2D eigenvalue weighted by Gasteiger charge is 2.08. The summed E-state index contributed by atoms with van der Waals surface area (Å²) in [6.07, 6.45) is 3.25. The van der Waals surface area contributed by atoms with Crippen LogP contribution in [-0.4, -0.2) is 9.55 Å². The molecule has 0 atom stereocenters. The first kappa shape index (κ1) is 15.9. The first-order chi connectivity index (χ1) is 11.5. The lowest BCUT2D eigenvalue weighted by molar-refractivity contribution is 0.627. The second-order valence-corrected chi connectivity index (χ2v) is 5.72. The molecule has 0 saturated carbocycles. The SMILES string of the molecule is Cc1ccc(-n2ccnc(NCc3ccc(F)cc3)c2=O)c(C)c1. The maximum absolute atomic E-state index is 12.9. The van der Waals surface area contributed by atoms with Crippen molar-refractivity contribution in [2.75, 3.05) is 5.32 Å². The molecule has 1 aromatic heterocycles. The van der Waals surface area contributed by atoms with Crippen molar-refractivity contribution in [2.24, 2.45) is 0 Å². The zero-order valence-electron chi connectivity index (χ0n) is 13.6. The van der Waals surface area contributed by atoms with Crippen LogP contribution in [0.2, 0.25) is 0 Å². The lowest BCUT2D eigenvalue weighted by Gasteiger charge is -2.12. The standard InChI is InChI=1S/C19H18FN3O/c1-13-3-8-17(14(2)11-13)23-10-9-21-18(19(23)24)22-12-15-4-6-16(20)7-5-15/h3-11H,12H2,1-2H3,(H,21,22). The van der Waals surface area contributed by atoms with Crippen molar-refractivity contribution in [1.29, 1.82) is 0 Å². The highest BCUT2D eigenvalue weighted by Crippen LogP contribution is 2.14. The molecule has 3 rings (SSSR count). The van der Waals surface area contributed by atoms with Gasteiger partial charge in [-0.25, -0.2) is 9.37 Å². The molecule has 0 spiro atoms. The Bertz CT molecular complexity index is 917. The van der Waals surface area contributed by atoms with Crippen LogP contribution in [-0.2, 0) is 6.54 Å². The number of nitrogens with zero attached hydrogens (tertiary/aromatic N) is 2. The number of benzene rings is 2. The average Bonchev–Trinajstić information content (AvgIpc) is 2.56. The Morgan fingerprint density at radius 2 is 1.88 bits per heavy atom. The highest BCUT2D eigenvalue weighted by atomic mass is 19.1. The predicted octanol–water partition coefficient (Wildman–Crippen LogP) is 3.60. The first-order valence-electron chi connectivity index (χ1n) is 7.68. The van der Waals surface area contributed by atoms with Crippen LogP contribution in [0.15, 0.2) is 59.7 Å². The molecule has 0 saturated heterocycles. The molecule has 5 heteroatoms. The Kier molecular flexibility index (Phi) is 4.42. The van der Waals surface area contributed by atoms with Gasteiger partial charge < -0.3 is 5.32 Å². The molecule has 24 heavy (non-hydrogen) atoms. The van der Waals surface area contributed by atoms with Crippen LogP contribution < -0.4 is 10.9 Å². The monoisotopic (exact) mass is 323 g/mol. The van der Waals surface area contributed by atoms with Gasteiger partial charge in [0.25, 0.3) is 5.56 Å². The molecule has 0 aliphatic carbocycles. The topological polar surface area (TPSA) is 46.9 Å². The maximum Gasteiger partial charge on any atom is 0.297 e. The quantitative estimate of drug-likeness (QED) is 0.798. The lowest BCUT2D eigenvalue weighted by atomic mass is 10.1. The molecule has 1 heterocycles. The molecule has 0 aliphatic heterocycles. The van der Waals surface area contributed by atoms with E-state index < -0.39 is 0 Å². The minimum absolute atomic E-state index is 0.216. The number of hydrogen-bond acceptors (Lipinski definition) is 3. The van der Waals surface area contributed by atoms with Gasteiger partial charge in [-0.1, -0.05) is 29.8 Å². The number of anilines is 1. The lowest BCUT2D eigenvalue weighted by Crippen LogP contribution is -2.23. The second kappa shape index (κ2) is 6.66. The zero-order valence-corrected chi connectivity index (χ0v) is 13.6. The third-order valence-electron chi connectivity index (χ3n) is 3.83. The summed E-state index contributed by atoms with van der Waals surface area (Å²) in [5, 5.41) is 3.02. The van der Waals surface area contributed by atoms with Crippen molar-refractivity contribution < 1.29 is 4.39 Å². The smallest absolute Gasteiger partial charge is 0.297 e. The molecule has 1 N–H and O–H groups in total. The fraction of sp³-hybridized carbons (Fsp3) is 0.158. The van der Waals surface area contributed by atoms with E-state index in [1.165, 1.54) is 12.1 Å². The third kappa shape index (κ3) is 3.35. The van der Waals surface area contributed by atoms with E-state index in [-0.39, 0.29) is 17.2 Å². The van der Waals surface area contributed by atoms with Crippen LogP contribution >= 0.6 is 0 Å². The van der Waals surface area contributed by atoms with Crippen LogP contribution in [0.1, 0.15) is 16.7 Å². The van der Waals surface area contributed by atoms with Crippen LogP contribution in [0, 0.1) is 19.7 Å². The minimum atomic E-state index is -0.284. The van der Waals surface area contributed by atoms with Crippen LogP contribution in [0.4, 0.5) is 10.2 Å². The summed E-state index contributed by atoms with van der Waals surface area (Å²) in [6, 6.07) is 12.1. The van der Waals surface area contributed by atoms with Crippen LogP contribution in [0.5, 0.6) is 0 Å². The third-order valence-corrected chi connectivity index (χ3v) is 3.83. The number of nitrogens with one attached hydrogen (secondary N) is 1. The molecule has 3 aromatic rings. The molecule has 122 valence electrons. The van der Waals surface area contributed by atoms with Gasteiger partial charge in [-0.3, -0.25) is 9.36 Å². The molecule has 0 fully saturated rings. The van der Waals surface area contributed by atoms with Crippen LogP contribution in [0.25, 0.3) is 5.69 Å². The normalized spacial score (nSPS) is 10.6. The van der Waals surface area contributed by atoms with Crippen molar-refractivity contribution in [3.63, 3.8) is 0 Å². The van der Waals surface area contributed by atoms with Gasteiger partial charge in [-0.05, 0) is 43.2 Å². The van der Waals surface area contributed by atoms with Gasteiger partial charge in [0.15, 0.2) is 5.82 Å². The van der Waals surface area contributed by atoms with Gasteiger partial charge in [0.2, 0.25) is 0 Å². The fourth-order valence-corrected chi connectivity index (χ4v) is 2.59. The Morgan fingerprint density at radius 1 is 1.12 bits per heavy atom. The average molecular weight is 323 g/mol. The summed E-state index contributed by atoms with van der Waals surface area (Å²) in [5.74, 6) is -0.0180. The second-order valence-electron chi connectivity index (χ2n) is 5.72. The summed E-state index contributed by atoms with van der Waals surface area (Å²) in [5.41, 5.74) is 3.66. The van der Waals surface area contributed by atoms with Gasteiger partial charge in [-0.15, -0.1) is 0 Å². The van der Waals surface area contributed by atoms with Gasteiger partial charge in [0.05, 0.1) is 5.69 Å². The Balaban J connectivity index is 1.88. The van der Waals surface area contributed by atoms with Gasteiger partial charge >= 0.3 is 0 Å². The summed E-state index contributed by atoms with van der Waals surface area (Å²) in [6.45, 7) is 4.39. The molecular formula is C19H18FN3O.